The molecule has 3 rings (SSSR count). The molecule has 0 aliphatic rings. The molecule has 0 radical (unpaired) electrons. The molecular weight excluding hydrogens is 483 g/mol. The first kappa shape index (κ1) is 24.9. The third kappa shape index (κ3) is 5.79. The normalized spacial score (nSPS) is 11.2. The van der Waals surface area contributed by atoms with Crippen molar-refractivity contribution in [1.29, 1.82) is 0 Å². The molecule has 3 aromatic rings. The van der Waals surface area contributed by atoms with E-state index in [1.54, 1.807) is 26.2 Å². The highest BCUT2D eigenvalue weighted by molar-refractivity contribution is 7.91. The Morgan fingerprint density at radius 1 is 1.00 bits per heavy atom. The number of ether oxygens (including phenoxy) is 1. The van der Waals surface area contributed by atoms with Crippen molar-refractivity contribution >= 4 is 44.6 Å². The van der Waals surface area contributed by atoms with Crippen LogP contribution in [0.5, 0.6) is 5.75 Å². The topological polar surface area (TPSA) is 75.7 Å². The smallest absolute Gasteiger partial charge is 0.241 e. The fraction of sp³-hybridized carbons (Fsp3) is 0.208. The van der Waals surface area contributed by atoms with Gasteiger partial charge in [0.15, 0.2) is 0 Å². The van der Waals surface area contributed by atoms with E-state index in [4.69, 9.17) is 27.9 Å². The first-order chi connectivity index (χ1) is 15.6. The van der Waals surface area contributed by atoms with Crippen molar-refractivity contribution in [3.8, 4) is 5.75 Å². The van der Waals surface area contributed by atoms with Gasteiger partial charge in [0.1, 0.15) is 22.3 Å². The van der Waals surface area contributed by atoms with Gasteiger partial charge in [-0.05, 0) is 24.6 Å². The van der Waals surface area contributed by atoms with Crippen LogP contribution in [-0.2, 0) is 21.2 Å². The summed E-state index contributed by atoms with van der Waals surface area (Å²) < 4.78 is 32.8. The molecule has 0 saturated heterocycles. The van der Waals surface area contributed by atoms with Crippen molar-refractivity contribution in [1.82, 2.24) is 4.90 Å². The van der Waals surface area contributed by atoms with E-state index in [9.17, 15) is 13.2 Å². The van der Waals surface area contributed by atoms with Gasteiger partial charge in [-0.25, -0.2) is 8.42 Å². The fourth-order valence-electron chi connectivity index (χ4n) is 2.96. The lowest BCUT2D eigenvalue weighted by Gasteiger charge is -2.19. The summed E-state index contributed by atoms with van der Waals surface area (Å²) in [5.74, 6) is -0.0777. The van der Waals surface area contributed by atoms with Gasteiger partial charge in [-0.2, -0.15) is 0 Å². The zero-order valence-electron chi connectivity index (χ0n) is 18.4. The number of sulfone groups is 1. The van der Waals surface area contributed by atoms with Gasteiger partial charge in [0.05, 0.1) is 22.2 Å². The summed E-state index contributed by atoms with van der Waals surface area (Å²) in [6, 6.07) is 17.3. The number of hydrogen-bond donors (Lipinski definition) is 1. The number of likely N-dealkylation sites (N-methyl/N-ethyl adjacent to an activating group) is 1. The molecular formula is C24H24Cl2N2O4S. The molecule has 6 nitrogen and oxygen atoms in total. The van der Waals surface area contributed by atoms with Crippen LogP contribution in [0.1, 0.15) is 11.1 Å². The van der Waals surface area contributed by atoms with Crippen molar-refractivity contribution in [2.24, 2.45) is 0 Å². The van der Waals surface area contributed by atoms with E-state index >= 15 is 0 Å². The highest BCUT2D eigenvalue weighted by Crippen LogP contribution is 2.44. The predicted molar refractivity (Wildman–Crippen MR) is 131 cm³/mol. The van der Waals surface area contributed by atoms with E-state index < -0.39 is 9.84 Å². The first-order valence-electron chi connectivity index (χ1n) is 10.1. The quantitative estimate of drug-likeness (QED) is 0.453. The molecule has 0 unspecified atom stereocenters. The van der Waals surface area contributed by atoms with E-state index in [0.29, 0.717) is 0 Å². The van der Waals surface area contributed by atoms with Crippen molar-refractivity contribution < 1.29 is 17.9 Å². The van der Waals surface area contributed by atoms with E-state index in [1.165, 1.54) is 23.1 Å². The fourth-order valence-corrected chi connectivity index (χ4v) is 5.45. The second-order valence-electron chi connectivity index (χ2n) is 7.61. The van der Waals surface area contributed by atoms with Crippen LogP contribution < -0.4 is 10.1 Å². The second kappa shape index (κ2) is 10.5. The zero-order valence-corrected chi connectivity index (χ0v) is 20.8. The van der Waals surface area contributed by atoms with E-state index in [1.807, 2.05) is 37.3 Å². The highest BCUT2D eigenvalue weighted by Gasteiger charge is 2.29. The molecule has 0 spiro atoms. The predicted octanol–water partition coefficient (Wildman–Crippen LogP) is 5.21. The molecule has 0 aromatic heterocycles. The molecule has 1 amide bonds. The van der Waals surface area contributed by atoms with Crippen LogP contribution in [0.4, 0.5) is 5.69 Å². The van der Waals surface area contributed by atoms with Crippen molar-refractivity contribution in [3.05, 3.63) is 81.8 Å². The summed E-state index contributed by atoms with van der Waals surface area (Å²) in [6.07, 6.45) is 0. The lowest BCUT2D eigenvalue weighted by atomic mass is 10.2. The number of benzene rings is 3. The van der Waals surface area contributed by atoms with Gasteiger partial charge >= 0.3 is 0 Å². The molecule has 0 fully saturated rings. The zero-order chi connectivity index (χ0) is 24.2. The number of hydrogen-bond acceptors (Lipinski definition) is 5. The van der Waals surface area contributed by atoms with Gasteiger partial charge in [-0.3, -0.25) is 4.79 Å². The molecule has 0 saturated carbocycles. The lowest BCUT2D eigenvalue weighted by Crippen LogP contribution is -2.28. The second-order valence-corrected chi connectivity index (χ2v) is 10.3. The largest absolute Gasteiger partial charge is 0.487 e. The molecule has 0 atom stereocenters. The Morgan fingerprint density at radius 2 is 1.64 bits per heavy atom. The summed E-state index contributed by atoms with van der Waals surface area (Å²) in [7, 11) is -0.839. The number of carbonyl (C=O) groups excluding carboxylic acids is 1. The minimum Gasteiger partial charge on any atom is -0.487 e. The SMILES string of the molecule is Cc1ccc(S(=O)(=O)c2c(Cl)c(NCC(=O)N(C)C)cc(OCc3ccccc3)c2Cl)cc1. The van der Waals surface area contributed by atoms with Crippen LogP contribution in [0.2, 0.25) is 10.0 Å². The van der Waals surface area contributed by atoms with Gasteiger partial charge in [-0.1, -0.05) is 71.2 Å². The van der Waals surface area contributed by atoms with E-state index in [-0.39, 0.29) is 50.3 Å². The Labute approximate surface area is 204 Å². The number of amides is 1. The van der Waals surface area contributed by atoms with Crippen LogP contribution in [0.25, 0.3) is 0 Å². The number of carbonyl (C=O) groups is 1. The molecule has 3 aromatic carbocycles. The number of nitrogens with one attached hydrogen (secondary N) is 1. The Morgan fingerprint density at radius 3 is 2.24 bits per heavy atom. The van der Waals surface area contributed by atoms with E-state index in [2.05, 4.69) is 5.32 Å². The summed E-state index contributed by atoms with van der Waals surface area (Å²) in [4.78, 5) is 13.3. The Balaban J connectivity index is 2.08. The number of aryl methyl sites for hydroxylation is 1. The maximum Gasteiger partial charge on any atom is 0.241 e. The summed E-state index contributed by atoms with van der Waals surface area (Å²) in [5, 5.41) is 2.67. The number of anilines is 1. The summed E-state index contributed by atoms with van der Waals surface area (Å²) in [6.45, 7) is 1.94. The molecule has 174 valence electrons. The van der Waals surface area contributed by atoms with Gasteiger partial charge in [-0.15, -0.1) is 0 Å². The average Bonchev–Trinajstić information content (AvgIpc) is 2.78. The molecule has 33 heavy (non-hydrogen) atoms. The van der Waals surface area contributed by atoms with Crippen molar-refractivity contribution in [2.75, 3.05) is 26.0 Å². The van der Waals surface area contributed by atoms with Crippen LogP contribution >= 0.6 is 23.2 Å². The lowest BCUT2D eigenvalue weighted by molar-refractivity contribution is -0.126. The monoisotopic (exact) mass is 506 g/mol. The Bertz CT molecular complexity index is 1250. The van der Waals surface area contributed by atoms with Crippen LogP contribution in [0.3, 0.4) is 0 Å². The van der Waals surface area contributed by atoms with Gasteiger partial charge in [0.25, 0.3) is 0 Å². The third-order valence-electron chi connectivity index (χ3n) is 4.89. The average molecular weight is 507 g/mol. The van der Waals surface area contributed by atoms with Crippen molar-refractivity contribution in [2.45, 2.75) is 23.3 Å². The number of halogens is 2. The minimum absolute atomic E-state index is 0.0485. The van der Waals surface area contributed by atoms with Gasteiger partial charge in [0.2, 0.25) is 15.7 Å². The maximum atomic E-state index is 13.5. The van der Waals surface area contributed by atoms with Crippen molar-refractivity contribution in [3.63, 3.8) is 0 Å². The molecule has 0 bridgehead atoms. The molecule has 9 heteroatoms. The van der Waals surface area contributed by atoms with Crippen LogP contribution in [0, 0.1) is 6.92 Å². The van der Waals surface area contributed by atoms with Crippen LogP contribution in [0.15, 0.2) is 70.5 Å². The standard InChI is InChI=1S/C24H24Cl2N2O4S/c1-16-9-11-18(12-10-16)33(30,31)24-22(25)19(27-14-21(29)28(2)3)13-20(23(24)26)32-15-17-7-5-4-6-8-17/h4-13,27H,14-15H2,1-3H3. The molecule has 1 N–H and O–H groups in total. The third-order valence-corrected chi connectivity index (χ3v) is 7.72. The molecule has 0 aliphatic carbocycles. The van der Waals surface area contributed by atoms with Gasteiger partial charge < -0.3 is 15.0 Å². The first-order valence-corrected chi connectivity index (χ1v) is 12.3. The Hall–Kier alpha value is -2.74. The highest BCUT2D eigenvalue weighted by atomic mass is 35.5. The summed E-state index contributed by atoms with van der Waals surface area (Å²) >= 11 is 13.1. The number of rotatable bonds is 8. The Kier molecular flexibility index (Phi) is 7.89. The maximum absolute atomic E-state index is 13.5. The summed E-state index contributed by atoms with van der Waals surface area (Å²) in [5.41, 5.74) is 2.02. The number of nitrogens with zero attached hydrogens (tertiary/aromatic N) is 1. The minimum atomic E-state index is -4.08. The van der Waals surface area contributed by atoms with E-state index in [0.717, 1.165) is 11.1 Å². The van der Waals surface area contributed by atoms with Gasteiger partial charge in [0, 0.05) is 20.2 Å². The molecule has 0 aliphatic heterocycles. The molecule has 0 heterocycles. The van der Waals surface area contributed by atoms with Crippen LogP contribution in [-0.4, -0.2) is 39.9 Å².